The molecule has 1 heterocycles. The molecule has 30 heavy (non-hydrogen) atoms. The van der Waals surface area contributed by atoms with Crippen LogP contribution in [0.3, 0.4) is 0 Å². The van der Waals surface area contributed by atoms with E-state index in [0.29, 0.717) is 29.3 Å². The summed E-state index contributed by atoms with van der Waals surface area (Å²) in [6.45, 7) is 4.22. The molecule has 154 valence electrons. The highest BCUT2D eigenvalue weighted by Crippen LogP contribution is 2.25. The van der Waals surface area contributed by atoms with Crippen molar-refractivity contribution < 1.29 is 14.3 Å². The zero-order chi connectivity index (χ0) is 21.5. The minimum Gasteiger partial charge on any atom is -0.477 e. The monoisotopic (exact) mass is 403 g/mol. The molecular weight excluding hydrogens is 378 g/mol. The number of nitrogens with zero attached hydrogens (tertiary/aromatic N) is 2. The Kier molecular flexibility index (Phi) is 6.80. The fourth-order valence-corrected chi connectivity index (χ4v) is 3.06. The number of nitrogens with one attached hydrogen (secondary N) is 1. The minimum absolute atomic E-state index is 0.179. The number of hydrogen-bond acceptors (Lipinski definition) is 4. The molecule has 2 amide bonds. The molecule has 0 bridgehead atoms. The lowest BCUT2D eigenvalue weighted by molar-refractivity contribution is 0.0737. The van der Waals surface area contributed by atoms with E-state index in [4.69, 9.17) is 4.74 Å². The van der Waals surface area contributed by atoms with Crippen molar-refractivity contribution in [2.45, 2.75) is 19.9 Å². The molecule has 2 aromatic carbocycles. The van der Waals surface area contributed by atoms with Gasteiger partial charge in [0.1, 0.15) is 5.56 Å². The molecule has 1 aromatic heterocycles. The summed E-state index contributed by atoms with van der Waals surface area (Å²) in [5, 5.41) is 2.91. The summed E-state index contributed by atoms with van der Waals surface area (Å²) in [5.41, 5.74) is 2.58. The Morgan fingerprint density at radius 1 is 1.07 bits per heavy atom. The third kappa shape index (κ3) is 4.84. The maximum Gasteiger partial charge on any atom is 0.259 e. The highest BCUT2D eigenvalue weighted by atomic mass is 16.5. The van der Waals surface area contributed by atoms with E-state index in [9.17, 15) is 9.59 Å². The summed E-state index contributed by atoms with van der Waals surface area (Å²) in [4.78, 5) is 31.3. The lowest BCUT2D eigenvalue weighted by Gasteiger charge is -2.26. The van der Waals surface area contributed by atoms with Gasteiger partial charge in [-0.25, -0.2) is 4.98 Å². The van der Waals surface area contributed by atoms with Gasteiger partial charge in [0, 0.05) is 24.5 Å². The number of aromatic nitrogens is 1. The van der Waals surface area contributed by atoms with Crippen molar-refractivity contribution >= 4 is 17.5 Å². The number of carbonyl (C=O) groups excluding carboxylic acids is 2. The van der Waals surface area contributed by atoms with Crippen LogP contribution in [-0.4, -0.2) is 35.4 Å². The van der Waals surface area contributed by atoms with Gasteiger partial charge >= 0.3 is 0 Å². The highest BCUT2D eigenvalue weighted by molar-refractivity contribution is 6.04. The minimum atomic E-state index is -0.222. The van der Waals surface area contributed by atoms with Gasteiger partial charge in [0.05, 0.1) is 12.6 Å². The lowest BCUT2D eigenvalue weighted by Crippen LogP contribution is -2.30. The summed E-state index contributed by atoms with van der Waals surface area (Å²) < 4.78 is 5.49. The van der Waals surface area contributed by atoms with E-state index in [1.807, 2.05) is 56.3 Å². The Bertz CT molecular complexity index is 1020. The van der Waals surface area contributed by atoms with E-state index in [2.05, 4.69) is 10.3 Å². The van der Waals surface area contributed by atoms with Crippen molar-refractivity contribution in [3.63, 3.8) is 0 Å². The molecule has 3 aromatic rings. The maximum absolute atomic E-state index is 13.0. The molecule has 3 rings (SSSR count). The first-order chi connectivity index (χ1) is 14.5. The first-order valence-electron chi connectivity index (χ1n) is 9.82. The second-order valence-corrected chi connectivity index (χ2v) is 6.83. The van der Waals surface area contributed by atoms with Crippen LogP contribution in [0.15, 0.2) is 72.9 Å². The van der Waals surface area contributed by atoms with Crippen molar-refractivity contribution in [3.8, 4) is 5.88 Å². The van der Waals surface area contributed by atoms with Gasteiger partial charge < -0.3 is 15.0 Å². The van der Waals surface area contributed by atoms with Crippen LogP contribution in [0.5, 0.6) is 5.88 Å². The molecule has 6 heteroatoms. The molecule has 0 aliphatic heterocycles. The lowest BCUT2D eigenvalue weighted by atomic mass is 10.1. The van der Waals surface area contributed by atoms with Crippen LogP contribution in [-0.2, 0) is 0 Å². The zero-order valence-corrected chi connectivity index (χ0v) is 17.3. The third-order valence-corrected chi connectivity index (χ3v) is 4.85. The predicted octanol–water partition coefficient (Wildman–Crippen LogP) is 4.57. The Labute approximate surface area is 176 Å². The Morgan fingerprint density at radius 2 is 1.83 bits per heavy atom. The SMILES string of the molecule is CCOc1ncccc1C(=O)N(C)[C@H](C)c1cccc(NC(=O)c2ccccc2)c1. The van der Waals surface area contributed by atoms with E-state index >= 15 is 0 Å². The molecule has 0 radical (unpaired) electrons. The van der Waals surface area contributed by atoms with Gasteiger partial charge in [0.25, 0.3) is 11.8 Å². The van der Waals surface area contributed by atoms with Crippen LogP contribution >= 0.6 is 0 Å². The molecule has 0 fully saturated rings. The standard InChI is InChI=1S/C24H25N3O3/c1-4-30-23-21(14-9-15-25-23)24(29)27(3)17(2)19-12-8-13-20(16-19)26-22(28)18-10-6-5-7-11-18/h5-17H,4H2,1-3H3,(H,26,28)/t17-/m1/s1. The molecule has 0 saturated carbocycles. The molecule has 0 saturated heterocycles. The molecule has 0 aliphatic rings. The van der Waals surface area contributed by atoms with Crippen molar-refractivity contribution in [1.82, 2.24) is 9.88 Å². The molecule has 0 spiro atoms. The summed E-state index contributed by atoms with van der Waals surface area (Å²) in [6, 6.07) is 19.7. The Morgan fingerprint density at radius 3 is 2.57 bits per heavy atom. The second-order valence-electron chi connectivity index (χ2n) is 6.83. The molecule has 1 N–H and O–H groups in total. The summed E-state index contributed by atoms with van der Waals surface area (Å²) in [6.07, 6.45) is 1.60. The van der Waals surface area contributed by atoms with Gasteiger partial charge in [-0.05, 0) is 55.8 Å². The summed E-state index contributed by atoms with van der Waals surface area (Å²) in [5.74, 6) is -0.0350. The van der Waals surface area contributed by atoms with Crippen LogP contribution in [0.25, 0.3) is 0 Å². The smallest absolute Gasteiger partial charge is 0.259 e. The van der Waals surface area contributed by atoms with Crippen LogP contribution in [0.2, 0.25) is 0 Å². The summed E-state index contributed by atoms with van der Waals surface area (Å²) >= 11 is 0. The Balaban J connectivity index is 1.76. The average molecular weight is 403 g/mol. The topological polar surface area (TPSA) is 71.5 Å². The van der Waals surface area contributed by atoms with Crippen molar-refractivity contribution in [2.75, 3.05) is 19.0 Å². The predicted molar refractivity (Wildman–Crippen MR) is 117 cm³/mol. The van der Waals surface area contributed by atoms with Crippen molar-refractivity contribution in [3.05, 3.63) is 89.6 Å². The fraction of sp³-hybridized carbons (Fsp3) is 0.208. The normalized spacial score (nSPS) is 11.4. The fourth-order valence-electron chi connectivity index (χ4n) is 3.06. The van der Waals surface area contributed by atoms with Crippen molar-refractivity contribution in [2.24, 2.45) is 0 Å². The van der Waals surface area contributed by atoms with Gasteiger partial charge in [0.2, 0.25) is 5.88 Å². The number of benzene rings is 2. The largest absolute Gasteiger partial charge is 0.477 e. The summed E-state index contributed by atoms with van der Waals surface area (Å²) in [7, 11) is 1.74. The number of carbonyl (C=O) groups is 2. The van der Waals surface area contributed by atoms with Gasteiger partial charge in [-0.15, -0.1) is 0 Å². The molecule has 6 nitrogen and oxygen atoms in total. The molecule has 0 aliphatic carbocycles. The second kappa shape index (κ2) is 9.69. The molecular formula is C24H25N3O3. The van der Waals surface area contributed by atoms with Crippen LogP contribution < -0.4 is 10.1 Å². The quantitative estimate of drug-likeness (QED) is 0.627. The Hall–Kier alpha value is -3.67. The average Bonchev–Trinajstić information content (AvgIpc) is 2.79. The number of rotatable bonds is 7. The van der Waals surface area contributed by atoms with Gasteiger partial charge in [-0.1, -0.05) is 30.3 Å². The van der Waals surface area contributed by atoms with Crippen molar-refractivity contribution in [1.29, 1.82) is 0 Å². The van der Waals surface area contributed by atoms with Crippen LogP contribution in [0.1, 0.15) is 46.2 Å². The van der Waals surface area contributed by atoms with E-state index in [1.54, 1.807) is 42.4 Å². The number of hydrogen-bond donors (Lipinski definition) is 1. The van der Waals surface area contributed by atoms with E-state index in [-0.39, 0.29) is 17.9 Å². The number of amides is 2. The van der Waals surface area contributed by atoms with Gasteiger partial charge in [0.15, 0.2) is 0 Å². The molecule has 1 atom stereocenters. The maximum atomic E-state index is 13.0. The first-order valence-corrected chi connectivity index (χ1v) is 9.82. The zero-order valence-electron chi connectivity index (χ0n) is 17.3. The first kappa shape index (κ1) is 21.0. The number of anilines is 1. The van der Waals surface area contributed by atoms with Gasteiger partial charge in [-0.3, -0.25) is 9.59 Å². The van der Waals surface area contributed by atoms with E-state index < -0.39 is 0 Å². The number of ether oxygens (including phenoxy) is 1. The molecule has 0 unspecified atom stereocenters. The van der Waals surface area contributed by atoms with Crippen LogP contribution in [0, 0.1) is 0 Å². The highest BCUT2D eigenvalue weighted by Gasteiger charge is 2.22. The van der Waals surface area contributed by atoms with Crippen LogP contribution in [0.4, 0.5) is 5.69 Å². The third-order valence-electron chi connectivity index (χ3n) is 4.85. The van der Waals surface area contributed by atoms with E-state index in [0.717, 1.165) is 5.56 Å². The number of pyridine rings is 1. The van der Waals surface area contributed by atoms with Gasteiger partial charge in [-0.2, -0.15) is 0 Å². The van der Waals surface area contributed by atoms with E-state index in [1.165, 1.54) is 0 Å².